The molecular weight excluding hydrogens is 498 g/mol. The minimum Gasteiger partial charge on any atom is -0.455 e. The van der Waals surface area contributed by atoms with E-state index < -0.39 is 22.1 Å². The van der Waals surface area contributed by atoms with E-state index in [-0.39, 0.29) is 24.6 Å². The molecule has 0 aromatic heterocycles. The van der Waals surface area contributed by atoms with Crippen LogP contribution in [0.4, 0.5) is 0 Å². The highest BCUT2D eigenvalue weighted by Gasteiger charge is 2.37. The summed E-state index contributed by atoms with van der Waals surface area (Å²) >= 11 is 0. The third-order valence-electron chi connectivity index (χ3n) is 6.87. The zero-order valence-corrected chi connectivity index (χ0v) is 23.8. The third-order valence-corrected chi connectivity index (χ3v) is 8.70. The molecule has 2 aromatic rings. The lowest BCUT2D eigenvalue weighted by molar-refractivity contribution is -0.152. The molecule has 0 saturated carbocycles. The molecule has 1 fully saturated rings. The molecule has 0 bridgehead atoms. The van der Waals surface area contributed by atoms with E-state index in [1.165, 1.54) is 42.8 Å². The fourth-order valence-electron chi connectivity index (χ4n) is 4.61. The molecule has 1 aliphatic heterocycles. The van der Waals surface area contributed by atoms with Gasteiger partial charge in [0, 0.05) is 6.54 Å². The number of hydrogen-bond donors (Lipinski definition) is 0. The van der Waals surface area contributed by atoms with Crippen molar-refractivity contribution in [3.05, 3.63) is 77.4 Å². The predicted octanol–water partition coefficient (Wildman–Crippen LogP) is 6.59. The van der Waals surface area contributed by atoms with Crippen LogP contribution in [-0.2, 0) is 30.9 Å². The van der Waals surface area contributed by atoms with E-state index in [0.717, 1.165) is 36.0 Å². The Balaban J connectivity index is 1.57. The number of aryl methyl sites for hydroxylation is 1. The van der Waals surface area contributed by atoms with Gasteiger partial charge in [-0.2, -0.15) is 4.31 Å². The molecule has 1 heterocycles. The number of nitrogens with zero attached hydrogens (tertiary/aromatic N) is 1. The van der Waals surface area contributed by atoms with Gasteiger partial charge in [-0.15, -0.1) is 0 Å². The molecule has 0 unspecified atom stereocenters. The first-order chi connectivity index (χ1) is 18.4. The fourth-order valence-corrected chi connectivity index (χ4v) is 6.04. The van der Waals surface area contributed by atoms with Gasteiger partial charge in [-0.3, -0.25) is 0 Å². The zero-order valence-electron chi connectivity index (χ0n) is 22.9. The van der Waals surface area contributed by atoms with E-state index in [4.69, 9.17) is 9.47 Å². The van der Waals surface area contributed by atoms with Crippen LogP contribution in [0.3, 0.4) is 0 Å². The number of rotatable bonds is 16. The number of allylic oxidation sites excluding steroid dienone is 1. The van der Waals surface area contributed by atoms with Crippen LogP contribution < -0.4 is 0 Å². The Bertz CT molecular complexity index is 1110. The SMILES string of the molecule is CCCCCCCCCC/C=C1\CN(S(=O)(=O)c2ccc(C)cc2)C[C@@H]1OC(=O)COCc1ccccc1. The third kappa shape index (κ3) is 9.68. The van der Waals surface area contributed by atoms with Crippen molar-refractivity contribution >= 4 is 16.0 Å². The van der Waals surface area contributed by atoms with Crippen molar-refractivity contribution in [1.29, 1.82) is 0 Å². The summed E-state index contributed by atoms with van der Waals surface area (Å²) in [4.78, 5) is 12.8. The van der Waals surface area contributed by atoms with Gasteiger partial charge in [0.1, 0.15) is 12.7 Å². The van der Waals surface area contributed by atoms with Gasteiger partial charge in [-0.1, -0.05) is 106 Å². The molecule has 6 nitrogen and oxygen atoms in total. The van der Waals surface area contributed by atoms with Crippen molar-refractivity contribution in [2.45, 2.75) is 89.2 Å². The number of carbonyl (C=O) groups is 1. The van der Waals surface area contributed by atoms with E-state index in [9.17, 15) is 13.2 Å². The van der Waals surface area contributed by atoms with Crippen LogP contribution in [0.15, 0.2) is 71.1 Å². The quantitative estimate of drug-likeness (QED) is 0.136. The molecule has 2 aromatic carbocycles. The molecule has 208 valence electrons. The smallest absolute Gasteiger partial charge is 0.332 e. The van der Waals surface area contributed by atoms with Crippen LogP contribution >= 0.6 is 0 Å². The number of carbonyl (C=O) groups excluding carboxylic acids is 1. The first-order valence-electron chi connectivity index (χ1n) is 14.0. The van der Waals surface area contributed by atoms with Gasteiger partial charge in [0.2, 0.25) is 10.0 Å². The van der Waals surface area contributed by atoms with Gasteiger partial charge in [0.15, 0.2) is 0 Å². The van der Waals surface area contributed by atoms with Gasteiger partial charge < -0.3 is 9.47 Å². The topological polar surface area (TPSA) is 72.9 Å². The molecule has 0 N–H and O–H groups in total. The van der Waals surface area contributed by atoms with Crippen LogP contribution in [0, 0.1) is 6.92 Å². The number of hydrogen-bond acceptors (Lipinski definition) is 5. The average Bonchev–Trinajstić information content (AvgIpc) is 3.31. The van der Waals surface area contributed by atoms with Crippen LogP contribution in [0.5, 0.6) is 0 Å². The number of esters is 1. The molecule has 0 radical (unpaired) electrons. The van der Waals surface area contributed by atoms with Crippen molar-refractivity contribution in [2.75, 3.05) is 19.7 Å². The highest BCUT2D eigenvalue weighted by molar-refractivity contribution is 7.89. The van der Waals surface area contributed by atoms with Crippen molar-refractivity contribution in [3.63, 3.8) is 0 Å². The average molecular weight is 542 g/mol. The van der Waals surface area contributed by atoms with E-state index in [0.29, 0.717) is 6.61 Å². The van der Waals surface area contributed by atoms with Gasteiger partial charge in [0.25, 0.3) is 0 Å². The minimum absolute atomic E-state index is 0.115. The molecule has 1 atom stereocenters. The Hall–Kier alpha value is -2.48. The molecule has 1 saturated heterocycles. The predicted molar refractivity (Wildman–Crippen MR) is 151 cm³/mol. The lowest BCUT2D eigenvalue weighted by atomic mass is 10.1. The molecule has 0 spiro atoms. The minimum atomic E-state index is -3.69. The summed E-state index contributed by atoms with van der Waals surface area (Å²) < 4.78 is 39.3. The van der Waals surface area contributed by atoms with Gasteiger partial charge >= 0.3 is 5.97 Å². The van der Waals surface area contributed by atoms with Gasteiger partial charge in [-0.25, -0.2) is 13.2 Å². The van der Waals surface area contributed by atoms with Crippen molar-refractivity contribution in [1.82, 2.24) is 4.31 Å². The second-order valence-electron chi connectivity index (χ2n) is 10.1. The molecule has 0 amide bonds. The second kappa shape index (κ2) is 15.8. The first-order valence-corrected chi connectivity index (χ1v) is 15.4. The lowest BCUT2D eigenvalue weighted by Crippen LogP contribution is -2.31. The Morgan fingerprint density at radius 3 is 2.29 bits per heavy atom. The van der Waals surface area contributed by atoms with Crippen LogP contribution in [0.1, 0.15) is 75.8 Å². The molecule has 1 aliphatic rings. The summed E-state index contributed by atoms with van der Waals surface area (Å²) in [6.45, 7) is 4.64. The van der Waals surface area contributed by atoms with Crippen molar-refractivity contribution in [3.8, 4) is 0 Å². The van der Waals surface area contributed by atoms with Crippen molar-refractivity contribution in [2.24, 2.45) is 0 Å². The van der Waals surface area contributed by atoms with Gasteiger partial charge in [0.05, 0.1) is 18.0 Å². The summed E-state index contributed by atoms with van der Waals surface area (Å²) in [6.07, 6.45) is 12.2. The number of ether oxygens (including phenoxy) is 2. The number of sulfonamides is 1. The number of benzene rings is 2. The van der Waals surface area contributed by atoms with Crippen LogP contribution in [0.25, 0.3) is 0 Å². The van der Waals surface area contributed by atoms with Crippen LogP contribution in [-0.4, -0.2) is 44.5 Å². The maximum atomic E-state index is 13.3. The maximum absolute atomic E-state index is 13.3. The van der Waals surface area contributed by atoms with E-state index in [2.05, 4.69) is 13.0 Å². The Morgan fingerprint density at radius 1 is 0.947 bits per heavy atom. The van der Waals surface area contributed by atoms with E-state index in [1.54, 1.807) is 24.3 Å². The summed E-state index contributed by atoms with van der Waals surface area (Å²) in [5.74, 6) is -0.488. The second-order valence-corrected chi connectivity index (χ2v) is 12.0. The normalized spacial score (nSPS) is 17.2. The highest BCUT2D eigenvalue weighted by Crippen LogP contribution is 2.27. The van der Waals surface area contributed by atoms with E-state index in [1.807, 2.05) is 37.3 Å². The largest absolute Gasteiger partial charge is 0.455 e. The standard InChI is InChI=1S/C31H43NO5S/c1-3-4-5-6-7-8-9-10-14-17-28-22-32(38(34,35)29-20-18-26(2)19-21-29)23-30(28)37-31(33)25-36-24-27-15-12-11-13-16-27/h11-13,15-21,30H,3-10,14,22-25H2,1-2H3/b28-17+/t30-/m0/s1. The van der Waals surface area contributed by atoms with Crippen LogP contribution in [0.2, 0.25) is 0 Å². The first kappa shape index (κ1) is 30.1. The monoisotopic (exact) mass is 541 g/mol. The molecule has 0 aliphatic carbocycles. The van der Waals surface area contributed by atoms with Crippen molar-refractivity contribution < 1.29 is 22.7 Å². The zero-order chi connectivity index (χ0) is 27.2. The fraction of sp³-hybridized carbons (Fsp3) is 0.516. The molecule has 7 heteroatoms. The summed E-state index contributed by atoms with van der Waals surface area (Å²) in [5.41, 5.74) is 2.82. The van der Waals surface area contributed by atoms with E-state index >= 15 is 0 Å². The lowest BCUT2D eigenvalue weighted by Gasteiger charge is -2.16. The summed E-state index contributed by atoms with van der Waals surface area (Å²) in [6, 6.07) is 16.5. The number of unbranched alkanes of at least 4 members (excludes halogenated alkanes) is 8. The summed E-state index contributed by atoms with van der Waals surface area (Å²) in [5, 5.41) is 0. The molecule has 3 rings (SSSR count). The molecular formula is C31H43NO5S. The maximum Gasteiger partial charge on any atom is 0.332 e. The Labute approximate surface area is 229 Å². The molecule has 38 heavy (non-hydrogen) atoms. The van der Waals surface area contributed by atoms with Gasteiger partial charge in [-0.05, 0) is 43.0 Å². The Morgan fingerprint density at radius 2 is 1.61 bits per heavy atom. The summed E-state index contributed by atoms with van der Waals surface area (Å²) in [7, 11) is -3.69. The highest BCUT2D eigenvalue weighted by atomic mass is 32.2. The Kier molecular flexibility index (Phi) is 12.5.